The van der Waals surface area contributed by atoms with E-state index in [1.54, 1.807) is 6.08 Å². The van der Waals surface area contributed by atoms with Crippen LogP contribution in [0.1, 0.15) is 31.2 Å². The smallest absolute Gasteiger partial charge is 0.246 e. The SMILES string of the molecule is O=C(C=CCCC=Cc1ccc2c(c1)OCO2)N1CCCC1. The van der Waals surface area contributed by atoms with Crippen LogP contribution in [0.15, 0.2) is 36.4 Å². The van der Waals surface area contributed by atoms with Gasteiger partial charge >= 0.3 is 0 Å². The second-order valence-electron chi connectivity index (χ2n) is 5.53. The summed E-state index contributed by atoms with van der Waals surface area (Å²) in [6.45, 7) is 2.12. The second-order valence-corrected chi connectivity index (χ2v) is 5.53. The standard InChI is InChI=1S/C18H21NO3/c20-18(19-11-5-6-12-19)8-4-2-1-3-7-15-9-10-16-17(13-15)22-14-21-16/h3-4,7-10,13H,1-2,5-6,11-12,14H2. The Balaban J connectivity index is 1.42. The lowest BCUT2D eigenvalue weighted by Crippen LogP contribution is -2.25. The van der Waals surface area contributed by atoms with Gasteiger partial charge in [-0.15, -0.1) is 0 Å². The largest absolute Gasteiger partial charge is 0.454 e. The van der Waals surface area contributed by atoms with Crippen molar-refractivity contribution in [3.8, 4) is 11.5 Å². The summed E-state index contributed by atoms with van der Waals surface area (Å²) in [5.74, 6) is 1.76. The van der Waals surface area contributed by atoms with E-state index in [0.29, 0.717) is 6.79 Å². The molecule has 0 radical (unpaired) electrons. The molecule has 0 aliphatic carbocycles. The van der Waals surface area contributed by atoms with Crippen LogP contribution in [0.25, 0.3) is 6.08 Å². The van der Waals surface area contributed by atoms with Gasteiger partial charge in [0.05, 0.1) is 0 Å². The summed E-state index contributed by atoms with van der Waals surface area (Å²) in [6, 6.07) is 5.92. The lowest BCUT2D eigenvalue weighted by molar-refractivity contribution is -0.125. The van der Waals surface area contributed by atoms with Crippen molar-refractivity contribution in [2.75, 3.05) is 19.9 Å². The molecule has 116 valence electrons. The summed E-state index contributed by atoms with van der Waals surface area (Å²) >= 11 is 0. The first-order valence-electron chi connectivity index (χ1n) is 7.84. The van der Waals surface area contributed by atoms with Crippen molar-refractivity contribution in [1.82, 2.24) is 4.90 Å². The van der Waals surface area contributed by atoms with E-state index in [4.69, 9.17) is 9.47 Å². The molecule has 2 aliphatic rings. The third-order valence-electron chi connectivity index (χ3n) is 3.89. The highest BCUT2D eigenvalue weighted by Crippen LogP contribution is 2.32. The molecule has 2 aliphatic heterocycles. The normalized spacial score (nSPS) is 17.0. The van der Waals surface area contributed by atoms with Crippen molar-refractivity contribution >= 4 is 12.0 Å². The maximum absolute atomic E-state index is 11.8. The number of fused-ring (bicyclic) bond motifs is 1. The van der Waals surface area contributed by atoms with Gasteiger partial charge in [0.2, 0.25) is 12.7 Å². The number of allylic oxidation sites excluding steroid dienone is 2. The van der Waals surface area contributed by atoms with Gasteiger partial charge in [-0.1, -0.05) is 24.3 Å². The predicted octanol–water partition coefficient (Wildman–Crippen LogP) is 3.39. The van der Waals surface area contributed by atoms with Crippen LogP contribution in [-0.4, -0.2) is 30.7 Å². The lowest BCUT2D eigenvalue weighted by Gasteiger charge is -2.11. The van der Waals surface area contributed by atoms with Gasteiger partial charge < -0.3 is 14.4 Å². The molecule has 1 fully saturated rings. The van der Waals surface area contributed by atoms with E-state index < -0.39 is 0 Å². The first-order chi connectivity index (χ1) is 10.8. The number of carbonyl (C=O) groups excluding carboxylic acids is 1. The molecular weight excluding hydrogens is 278 g/mol. The molecule has 1 amide bonds. The zero-order valence-electron chi connectivity index (χ0n) is 12.7. The van der Waals surface area contributed by atoms with E-state index in [2.05, 4.69) is 12.2 Å². The molecule has 0 unspecified atom stereocenters. The molecule has 1 aromatic rings. The molecular formula is C18H21NO3. The van der Waals surface area contributed by atoms with Crippen LogP contribution in [0.3, 0.4) is 0 Å². The Hall–Kier alpha value is -2.23. The van der Waals surface area contributed by atoms with Crippen LogP contribution in [-0.2, 0) is 4.79 Å². The quantitative estimate of drug-likeness (QED) is 0.618. The third kappa shape index (κ3) is 3.70. The van der Waals surface area contributed by atoms with Crippen molar-refractivity contribution < 1.29 is 14.3 Å². The Kier molecular flexibility index (Phi) is 4.78. The highest BCUT2D eigenvalue weighted by atomic mass is 16.7. The average molecular weight is 299 g/mol. The number of unbranched alkanes of at least 4 members (excludes halogenated alkanes) is 1. The number of nitrogens with zero attached hydrogens (tertiary/aromatic N) is 1. The van der Waals surface area contributed by atoms with Crippen LogP contribution < -0.4 is 9.47 Å². The Morgan fingerprint density at radius 3 is 2.73 bits per heavy atom. The molecule has 22 heavy (non-hydrogen) atoms. The zero-order valence-corrected chi connectivity index (χ0v) is 12.7. The van der Waals surface area contributed by atoms with E-state index in [9.17, 15) is 4.79 Å². The van der Waals surface area contributed by atoms with Gasteiger partial charge in [-0.25, -0.2) is 0 Å². The van der Waals surface area contributed by atoms with Crippen LogP contribution >= 0.6 is 0 Å². The van der Waals surface area contributed by atoms with E-state index in [1.165, 1.54) is 0 Å². The van der Waals surface area contributed by atoms with Gasteiger partial charge in [-0.05, 0) is 49.5 Å². The molecule has 0 bridgehead atoms. The fourth-order valence-corrected chi connectivity index (χ4v) is 2.66. The van der Waals surface area contributed by atoms with E-state index in [-0.39, 0.29) is 5.91 Å². The lowest BCUT2D eigenvalue weighted by atomic mass is 10.1. The summed E-state index contributed by atoms with van der Waals surface area (Å²) < 4.78 is 10.6. The van der Waals surface area contributed by atoms with E-state index in [0.717, 1.165) is 55.8 Å². The molecule has 0 aromatic heterocycles. The summed E-state index contributed by atoms with van der Waals surface area (Å²) in [6.07, 6.45) is 11.9. The van der Waals surface area contributed by atoms with Crippen molar-refractivity contribution in [2.24, 2.45) is 0 Å². The Morgan fingerprint density at radius 1 is 1.09 bits per heavy atom. The predicted molar refractivity (Wildman–Crippen MR) is 85.8 cm³/mol. The number of likely N-dealkylation sites (tertiary alicyclic amines) is 1. The molecule has 1 saturated heterocycles. The maximum atomic E-state index is 11.8. The van der Waals surface area contributed by atoms with Gasteiger partial charge in [0, 0.05) is 13.1 Å². The first kappa shape index (κ1) is 14.7. The highest BCUT2D eigenvalue weighted by Gasteiger charge is 2.14. The fraction of sp³-hybridized carbons (Fsp3) is 0.389. The molecule has 0 atom stereocenters. The van der Waals surface area contributed by atoms with Gasteiger partial charge in [-0.3, -0.25) is 4.79 Å². The molecule has 4 nitrogen and oxygen atoms in total. The van der Waals surface area contributed by atoms with Gasteiger partial charge in [0.25, 0.3) is 0 Å². The average Bonchev–Trinajstić information content (AvgIpc) is 3.20. The molecule has 0 saturated carbocycles. The van der Waals surface area contributed by atoms with Crippen LogP contribution in [0, 0.1) is 0 Å². The fourth-order valence-electron chi connectivity index (χ4n) is 2.66. The van der Waals surface area contributed by atoms with Crippen LogP contribution in [0.2, 0.25) is 0 Å². The van der Waals surface area contributed by atoms with Crippen LogP contribution in [0.5, 0.6) is 11.5 Å². The third-order valence-corrected chi connectivity index (χ3v) is 3.89. The molecule has 4 heteroatoms. The minimum absolute atomic E-state index is 0.150. The minimum Gasteiger partial charge on any atom is -0.454 e. The number of amides is 1. The monoisotopic (exact) mass is 299 g/mol. The number of benzene rings is 1. The molecule has 1 aromatic carbocycles. The van der Waals surface area contributed by atoms with Gasteiger partial charge in [0.15, 0.2) is 11.5 Å². The summed E-state index contributed by atoms with van der Waals surface area (Å²) in [5, 5.41) is 0. The van der Waals surface area contributed by atoms with Crippen molar-refractivity contribution in [2.45, 2.75) is 25.7 Å². The second kappa shape index (κ2) is 7.16. The van der Waals surface area contributed by atoms with Crippen molar-refractivity contribution in [1.29, 1.82) is 0 Å². The van der Waals surface area contributed by atoms with Crippen LogP contribution in [0.4, 0.5) is 0 Å². The van der Waals surface area contributed by atoms with Gasteiger partial charge in [-0.2, -0.15) is 0 Å². The highest BCUT2D eigenvalue weighted by molar-refractivity contribution is 5.87. The molecule has 3 rings (SSSR count). The number of rotatable bonds is 5. The van der Waals surface area contributed by atoms with Crippen molar-refractivity contribution in [3.63, 3.8) is 0 Å². The molecule has 0 N–H and O–H groups in total. The zero-order chi connectivity index (χ0) is 15.2. The number of ether oxygens (including phenoxy) is 2. The Morgan fingerprint density at radius 2 is 1.86 bits per heavy atom. The Labute approximate surface area is 131 Å². The van der Waals surface area contributed by atoms with E-state index in [1.807, 2.05) is 29.2 Å². The minimum atomic E-state index is 0.150. The first-order valence-corrected chi connectivity index (χ1v) is 7.84. The number of hydrogen-bond donors (Lipinski definition) is 0. The summed E-state index contributed by atoms with van der Waals surface area (Å²) in [7, 11) is 0. The van der Waals surface area contributed by atoms with Gasteiger partial charge in [0.1, 0.15) is 0 Å². The molecule has 0 spiro atoms. The number of hydrogen-bond acceptors (Lipinski definition) is 3. The van der Waals surface area contributed by atoms with E-state index >= 15 is 0 Å². The molecule has 2 heterocycles. The topological polar surface area (TPSA) is 38.8 Å². The summed E-state index contributed by atoms with van der Waals surface area (Å²) in [5.41, 5.74) is 1.10. The summed E-state index contributed by atoms with van der Waals surface area (Å²) in [4.78, 5) is 13.7. The Bertz CT molecular complexity index is 586. The van der Waals surface area contributed by atoms with Crippen molar-refractivity contribution in [3.05, 3.63) is 42.0 Å². The number of carbonyl (C=O) groups is 1. The maximum Gasteiger partial charge on any atom is 0.246 e.